The molecule has 0 saturated carbocycles. The summed E-state index contributed by atoms with van der Waals surface area (Å²) in [5, 5.41) is 12.0. The van der Waals surface area contributed by atoms with E-state index in [9.17, 15) is 9.90 Å². The minimum Gasteiger partial charge on any atom is -0.478 e. The number of hydrogen-bond donors (Lipinski definition) is 1. The average molecular weight is 269 g/mol. The molecule has 3 rings (SSSR count). The molecule has 3 aromatic rings. The molecular weight excluding hydrogens is 258 g/mol. The molecule has 0 aliphatic rings. The number of benzene rings is 1. The molecule has 0 unspecified atom stereocenters. The third-order valence-corrected chi connectivity index (χ3v) is 4.08. The van der Waals surface area contributed by atoms with Crippen molar-refractivity contribution in [1.82, 2.24) is 4.98 Å². The summed E-state index contributed by atoms with van der Waals surface area (Å²) in [7, 11) is 0. The maximum atomic E-state index is 11.4. The van der Waals surface area contributed by atoms with Gasteiger partial charge in [0.1, 0.15) is 0 Å². The molecule has 19 heavy (non-hydrogen) atoms. The smallest absolute Gasteiger partial charge is 0.336 e. The molecule has 0 aliphatic carbocycles. The Morgan fingerprint density at radius 1 is 1.26 bits per heavy atom. The van der Waals surface area contributed by atoms with Gasteiger partial charge in [0.05, 0.1) is 21.7 Å². The van der Waals surface area contributed by atoms with Crippen molar-refractivity contribution in [2.24, 2.45) is 0 Å². The van der Waals surface area contributed by atoms with Gasteiger partial charge in [-0.15, -0.1) is 11.3 Å². The minimum atomic E-state index is -0.922. The van der Waals surface area contributed by atoms with E-state index in [1.54, 1.807) is 23.5 Å². The summed E-state index contributed by atoms with van der Waals surface area (Å²) in [5.41, 5.74) is 2.85. The number of para-hydroxylation sites is 1. The van der Waals surface area contributed by atoms with E-state index in [0.29, 0.717) is 16.5 Å². The van der Waals surface area contributed by atoms with Gasteiger partial charge in [0.15, 0.2) is 0 Å². The highest BCUT2D eigenvalue weighted by Gasteiger charge is 2.14. The molecule has 4 heteroatoms. The molecule has 2 heterocycles. The first-order valence-corrected chi connectivity index (χ1v) is 6.72. The number of carbonyl (C=O) groups is 1. The van der Waals surface area contributed by atoms with Crippen LogP contribution in [0.4, 0.5) is 0 Å². The Labute approximate surface area is 114 Å². The van der Waals surface area contributed by atoms with Crippen molar-refractivity contribution >= 4 is 28.2 Å². The lowest BCUT2D eigenvalue weighted by molar-refractivity contribution is 0.0699. The Morgan fingerprint density at radius 2 is 2.05 bits per heavy atom. The van der Waals surface area contributed by atoms with Crippen molar-refractivity contribution in [1.29, 1.82) is 0 Å². The van der Waals surface area contributed by atoms with Gasteiger partial charge in [0.2, 0.25) is 0 Å². The first-order valence-electron chi connectivity index (χ1n) is 5.84. The van der Waals surface area contributed by atoms with Crippen LogP contribution in [0, 0.1) is 6.92 Å². The molecule has 2 aromatic heterocycles. The van der Waals surface area contributed by atoms with Crippen LogP contribution in [0.15, 0.2) is 41.8 Å². The summed E-state index contributed by atoms with van der Waals surface area (Å²) in [6.07, 6.45) is 0. The lowest BCUT2D eigenvalue weighted by atomic mass is 10.1. The first kappa shape index (κ1) is 11.9. The van der Waals surface area contributed by atoms with Crippen LogP contribution < -0.4 is 0 Å². The van der Waals surface area contributed by atoms with E-state index in [1.165, 1.54) is 0 Å². The number of thiophene rings is 1. The molecule has 0 fully saturated rings. The molecule has 0 aliphatic heterocycles. The fourth-order valence-corrected chi connectivity index (χ4v) is 2.99. The summed E-state index contributed by atoms with van der Waals surface area (Å²) in [4.78, 5) is 17.0. The van der Waals surface area contributed by atoms with E-state index < -0.39 is 5.97 Å². The van der Waals surface area contributed by atoms with Gasteiger partial charge in [-0.3, -0.25) is 0 Å². The van der Waals surface area contributed by atoms with Gasteiger partial charge < -0.3 is 5.11 Å². The number of aryl methyl sites for hydroxylation is 1. The molecule has 3 nitrogen and oxygen atoms in total. The van der Waals surface area contributed by atoms with Crippen molar-refractivity contribution in [2.45, 2.75) is 6.92 Å². The van der Waals surface area contributed by atoms with Gasteiger partial charge in [-0.25, -0.2) is 9.78 Å². The third kappa shape index (κ3) is 2.00. The number of fused-ring (bicyclic) bond motifs is 1. The summed E-state index contributed by atoms with van der Waals surface area (Å²) >= 11 is 1.58. The van der Waals surface area contributed by atoms with Crippen LogP contribution in [0.5, 0.6) is 0 Å². The fourth-order valence-electron chi connectivity index (χ4n) is 2.10. The second-order valence-corrected chi connectivity index (χ2v) is 5.23. The largest absolute Gasteiger partial charge is 0.478 e. The van der Waals surface area contributed by atoms with Crippen LogP contribution in [0.2, 0.25) is 0 Å². The van der Waals surface area contributed by atoms with Crippen LogP contribution in [0.1, 0.15) is 15.9 Å². The van der Waals surface area contributed by atoms with E-state index in [2.05, 4.69) is 4.98 Å². The average Bonchev–Trinajstić information content (AvgIpc) is 2.83. The SMILES string of the molecule is Cc1ccsc1-c1cc(C(=O)O)c2ccccc2n1. The van der Waals surface area contributed by atoms with E-state index >= 15 is 0 Å². The molecule has 0 bridgehead atoms. The fraction of sp³-hybridized carbons (Fsp3) is 0.0667. The number of hydrogen-bond acceptors (Lipinski definition) is 3. The molecular formula is C15H11NO2S. The van der Waals surface area contributed by atoms with Gasteiger partial charge in [0, 0.05) is 5.39 Å². The molecule has 94 valence electrons. The van der Waals surface area contributed by atoms with Crippen LogP contribution >= 0.6 is 11.3 Å². The van der Waals surface area contributed by atoms with Gasteiger partial charge in [-0.2, -0.15) is 0 Å². The van der Waals surface area contributed by atoms with Crippen LogP contribution in [-0.4, -0.2) is 16.1 Å². The number of carboxylic acid groups (broad SMARTS) is 1. The summed E-state index contributed by atoms with van der Waals surface area (Å²) in [5.74, 6) is -0.922. The molecule has 0 amide bonds. The number of pyridine rings is 1. The van der Waals surface area contributed by atoms with Gasteiger partial charge in [-0.05, 0) is 36.1 Å². The van der Waals surface area contributed by atoms with E-state index in [-0.39, 0.29) is 0 Å². The maximum Gasteiger partial charge on any atom is 0.336 e. The number of nitrogens with zero attached hydrogens (tertiary/aromatic N) is 1. The highest BCUT2D eigenvalue weighted by atomic mass is 32.1. The van der Waals surface area contributed by atoms with Gasteiger partial charge in [-0.1, -0.05) is 18.2 Å². The standard InChI is InChI=1S/C15H11NO2S/c1-9-6-7-19-14(9)13-8-11(15(17)18)10-4-2-3-5-12(10)16-13/h2-8H,1H3,(H,17,18). The van der Waals surface area contributed by atoms with Crippen LogP contribution in [0.25, 0.3) is 21.5 Å². The topological polar surface area (TPSA) is 50.2 Å². The first-order chi connectivity index (χ1) is 9.16. The highest BCUT2D eigenvalue weighted by molar-refractivity contribution is 7.13. The third-order valence-electron chi connectivity index (χ3n) is 3.04. The van der Waals surface area contributed by atoms with Crippen molar-refractivity contribution in [3.05, 3.63) is 52.9 Å². The van der Waals surface area contributed by atoms with Gasteiger partial charge in [0.25, 0.3) is 0 Å². The molecule has 1 N–H and O–H groups in total. The minimum absolute atomic E-state index is 0.299. The Kier molecular flexibility index (Phi) is 2.80. The molecule has 0 radical (unpaired) electrons. The summed E-state index contributed by atoms with van der Waals surface area (Å²) in [6.45, 7) is 2.00. The predicted octanol–water partition coefficient (Wildman–Crippen LogP) is 3.97. The zero-order valence-corrected chi connectivity index (χ0v) is 11.1. The van der Waals surface area contributed by atoms with Crippen molar-refractivity contribution in [2.75, 3.05) is 0 Å². The Hall–Kier alpha value is -2.20. The van der Waals surface area contributed by atoms with Crippen molar-refractivity contribution in [3.63, 3.8) is 0 Å². The number of aromatic carboxylic acids is 1. The Morgan fingerprint density at radius 3 is 2.74 bits per heavy atom. The Bertz CT molecular complexity index is 777. The van der Waals surface area contributed by atoms with Gasteiger partial charge >= 0.3 is 5.97 Å². The van der Waals surface area contributed by atoms with Crippen LogP contribution in [0.3, 0.4) is 0 Å². The highest BCUT2D eigenvalue weighted by Crippen LogP contribution is 2.30. The van der Waals surface area contributed by atoms with Crippen molar-refractivity contribution in [3.8, 4) is 10.6 Å². The summed E-state index contributed by atoms with van der Waals surface area (Å²) in [6, 6.07) is 11.0. The zero-order chi connectivity index (χ0) is 13.4. The number of aromatic nitrogens is 1. The second kappa shape index (κ2) is 4.48. The second-order valence-electron chi connectivity index (χ2n) is 4.31. The predicted molar refractivity (Wildman–Crippen MR) is 76.8 cm³/mol. The van der Waals surface area contributed by atoms with E-state index in [1.807, 2.05) is 36.6 Å². The van der Waals surface area contributed by atoms with Crippen molar-refractivity contribution < 1.29 is 9.90 Å². The quantitative estimate of drug-likeness (QED) is 0.765. The summed E-state index contributed by atoms with van der Waals surface area (Å²) < 4.78 is 0. The van der Waals surface area contributed by atoms with Crippen LogP contribution in [-0.2, 0) is 0 Å². The lowest BCUT2D eigenvalue weighted by Crippen LogP contribution is -2.00. The molecule has 1 aromatic carbocycles. The molecule has 0 saturated heterocycles. The number of rotatable bonds is 2. The number of carboxylic acids is 1. The molecule has 0 atom stereocenters. The normalized spacial score (nSPS) is 10.8. The molecule has 0 spiro atoms. The Balaban J connectivity index is 2.34. The monoisotopic (exact) mass is 269 g/mol. The van der Waals surface area contributed by atoms with E-state index in [4.69, 9.17) is 0 Å². The lowest BCUT2D eigenvalue weighted by Gasteiger charge is -2.06. The maximum absolute atomic E-state index is 11.4. The van der Waals surface area contributed by atoms with E-state index in [0.717, 1.165) is 16.1 Å². The zero-order valence-electron chi connectivity index (χ0n) is 10.3.